The molecule has 0 radical (unpaired) electrons. The molecule has 6 heteroatoms. The van der Waals surface area contributed by atoms with Gasteiger partial charge in [0.25, 0.3) is 0 Å². The van der Waals surface area contributed by atoms with Crippen molar-refractivity contribution in [1.82, 2.24) is 9.97 Å². The molecule has 0 atom stereocenters. The van der Waals surface area contributed by atoms with Crippen LogP contribution in [0.15, 0.2) is 40.2 Å². The standard InChI is InChI=1S/C15H9BrCl2N2S/c1-8-3-2-4-9(7-8)11-13(17)19-15(20-14(11)18)12-10(16)5-6-21-12/h2-7H,1H3. The molecule has 2 aromatic heterocycles. The second kappa shape index (κ2) is 6.05. The highest BCUT2D eigenvalue weighted by atomic mass is 79.9. The van der Waals surface area contributed by atoms with Crippen molar-refractivity contribution in [2.24, 2.45) is 0 Å². The summed E-state index contributed by atoms with van der Waals surface area (Å²) in [5.74, 6) is 0.531. The number of aryl methyl sites for hydroxylation is 1. The number of thiophene rings is 1. The van der Waals surface area contributed by atoms with Crippen LogP contribution in [-0.4, -0.2) is 9.97 Å². The summed E-state index contributed by atoms with van der Waals surface area (Å²) in [6.07, 6.45) is 0. The summed E-state index contributed by atoms with van der Waals surface area (Å²) < 4.78 is 0.933. The van der Waals surface area contributed by atoms with E-state index in [0.29, 0.717) is 21.7 Å². The quantitative estimate of drug-likeness (QED) is 0.476. The monoisotopic (exact) mass is 398 g/mol. The molecular formula is C15H9BrCl2N2S. The molecule has 0 N–H and O–H groups in total. The second-order valence-electron chi connectivity index (χ2n) is 4.47. The summed E-state index contributed by atoms with van der Waals surface area (Å²) in [5.41, 5.74) is 2.71. The van der Waals surface area contributed by atoms with E-state index in [4.69, 9.17) is 23.2 Å². The fraction of sp³-hybridized carbons (Fsp3) is 0.0667. The van der Waals surface area contributed by atoms with E-state index in [-0.39, 0.29) is 0 Å². The minimum Gasteiger partial charge on any atom is -0.215 e. The first-order valence-corrected chi connectivity index (χ1v) is 8.52. The number of benzene rings is 1. The molecule has 21 heavy (non-hydrogen) atoms. The first-order valence-electron chi connectivity index (χ1n) is 6.09. The predicted octanol–water partition coefficient (Wildman–Crippen LogP) is 6.25. The maximum Gasteiger partial charge on any atom is 0.173 e. The third-order valence-corrected chi connectivity index (χ3v) is 5.33. The van der Waals surface area contributed by atoms with Gasteiger partial charge in [0.1, 0.15) is 10.3 Å². The van der Waals surface area contributed by atoms with Gasteiger partial charge in [-0.3, -0.25) is 0 Å². The van der Waals surface area contributed by atoms with Crippen LogP contribution in [0.25, 0.3) is 21.8 Å². The Balaban J connectivity index is 2.15. The number of hydrogen-bond donors (Lipinski definition) is 0. The van der Waals surface area contributed by atoms with Crippen molar-refractivity contribution in [1.29, 1.82) is 0 Å². The molecule has 0 fully saturated rings. The van der Waals surface area contributed by atoms with Crippen molar-refractivity contribution in [2.45, 2.75) is 6.92 Å². The van der Waals surface area contributed by atoms with Crippen LogP contribution < -0.4 is 0 Å². The summed E-state index contributed by atoms with van der Waals surface area (Å²) in [6, 6.07) is 9.88. The van der Waals surface area contributed by atoms with Gasteiger partial charge < -0.3 is 0 Å². The van der Waals surface area contributed by atoms with Crippen molar-refractivity contribution < 1.29 is 0 Å². The van der Waals surface area contributed by atoms with E-state index >= 15 is 0 Å². The van der Waals surface area contributed by atoms with Crippen LogP contribution in [0.3, 0.4) is 0 Å². The minimum atomic E-state index is 0.357. The van der Waals surface area contributed by atoms with Crippen LogP contribution in [0, 0.1) is 6.92 Å². The molecule has 0 saturated carbocycles. The summed E-state index contributed by atoms with van der Waals surface area (Å²) in [5, 5.41) is 2.67. The summed E-state index contributed by atoms with van der Waals surface area (Å²) in [7, 11) is 0. The lowest BCUT2D eigenvalue weighted by atomic mass is 10.1. The van der Waals surface area contributed by atoms with Gasteiger partial charge in [-0.1, -0.05) is 53.0 Å². The molecule has 2 heterocycles. The van der Waals surface area contributed by atoms with E-state index in [2.05, 4.69) is 25.9 Å². The van der Waals surface area contributed by atoms with Crippen LogP contribution in [0.4, 0.5) is 0 Å². The normalized spacial score (nSPS) is 10.9. The van der Waals surface area contributed by atoms with Crippen molar-refractivity contribution >= 4 is 50.5 Å². The molecule has 0 spiro atoms. The van der Waals surface area contributed by atoms with E-state index in [1.807, 2.05) is 42.6 Å². The van der Waals surface area contributed by atoms with Gasteiger partial charge in [-0.05, 0) is 39.9 Å². The van der Waals surface area contributed by atoms with Gasteiger partial charge in [0.05, 0.1) is 10.4 Å². The second-order valence-corrected chi connectivity index (χ2v) is 6.96. The first-order chi connectivity index (χ1) is 10.1. The maximum absolute atomic E-state index is 6.34. The van der Waals surface area contributed by atoms with Gasteiger partial charge in [-0.25, -0.2) is 9.97 Å². The third-order valence-electron chi connectivity index (χ3n) is 2.95. The van der Waals surface area contributed by atoms with Gasteiger partial charge in [0, 0.05) is 4.47 Å². The molecule has 1 aromatic carbocycles. The molecule has 0 bridgehead atoms. The Bertz CT molecular complexity index is 794. The van der Waals surface area contributed by atoms with E-state index in [1.54, 1.807) is 0 Å². The van der Waals surface area contributed by atoms with Gasteiger partial charge in [0.2, 0.25) is 0 Å². The van der Waals surface area contributed by atoms with E-state index < -0.39 is 0 Å². The lowest BCUT2D eigenvalue weighted by molar-refractivity contribution is 1.19. The highest BCUT2D eigenvalue weighted by Crippen LogP contribution is 2.37. The molecule has 106 valence electrons. The lowest BCUT2D eigenvalue weighted by Gasteiger charge is -2.09. The Morgan fingerprint density at radius 3 is 2.38 bits per heavy atom. The summed E-state index contributed by atoms with van der Waals surface area (Å²) >= 11 is 17.7. The van der Waals surface area contributed by atoms with Crippen LogP contribution in [0.1, 0.15) is 5.56 Å². The first kappa shape index (κ1) is 15.0. The Kier molecular flexibility index (Phi) is 4.31. The Morgan fingerprint density at radius 1 is 1.10 bits per heavy atom. The zero-order chi connectivity index (χ0) is 15.0. The smallest absolute Gasteiger partial charge is 0.173 e. The largest absolute Gasteiger partial charge is 0.215 e. The Morgan fingerprint density at radius 2 is 1.81 bits per heavy atom. The summed E-state index contributed by atoms with van der Waals surface area (Å²) in [4.78, 5) is 9.70. The molecule has 0 unspecified atom stereocenters. The van der Waals surface area contributed by atoms with E-state index in [0.717, 1.165) is 20.5 Å². The number of hydrogen-bond acceptors (Lipinski definition) is 3. The zero-order valence-corrected chi connectivity index (χ0v) is 14.8. The predicted molar refractivity (Wildman–Crippen MR) is 93.2 cm³/mol. The summed E-state index contributed by atoms with van der Waals surface area (Å²) in [6.45, 7) is 2.02. The zero-order valence-electron chi connectivity index (χ0n) is 10.9. The number of rotatable bonds is 2. The minimum absolute atomic E-state index is 0.357. The van der Waals surface area contributed by atoms with Gasteiger partial charge >= 0.3 is 0 Å². The fourth-order valence-electron chi connectivity index (χ4n) is 2.00. The van der Waals surface area contributed by atoms with Crippen molar-refractivity contribution in [2.75, 3.05) is 0 Å². The van der Waals surface area contributed by atoms with E-state index in [9.17, 15) is 0 Å². The average molecular weight is 400 g/mol. The topological polar surface area (TPSA) is 25.8 Å². The average Bonchev–Trinajstić information content (AvgIpc) is 2.84. The van der Waals surface area contributed by atoms with E-state index in [1.165, 1.54) is 11.3 Å². The Hall–Kier alpha value is -0.940. The Labute approximate surface area is 144 Å². The number of nitrogens with zero attached hydrogens (tertiary/aromatic N) is 2. The molecule has 2 nitrogen and oxygen atoms in total. The van der Waals surface area contributed by atoms with Crippen LogP contribution in [-0.2, 0) is 0 Å². The van der Waals surface area contributed by atoms with Crippen molar-refractivity contribution in [3.05, 3.63) is 56.1 Å². The molecule has 0 amide bonds. The van der Waals surface area contributed by atoms with Gasteiger partial charge in [-0.2, -0.15) is 0 Å². The maximum atomic E-state index is 6.34. The van der Waals surface area contributed by atoms with Crippen LogP contribution in [0.2, 0.25) is 10.3 Å². The molecule has 0 aliphatic carbocycles. The fourth-order valence-corrected chi connectivity index (χ4v) is 4.09. The molecule has 3 aromatic rings. The number of halogens is 3. The highest BCUT2D eigenvalue weighted by Gasteiger charge is 2.16. The highest BCUT2D eigenvalue weighted by molar-refractivity contribution is 9.10. The third kappa shape index (κ3) is 2.99. The van der Waals surface area contributed by atoms with Crippen molar-refractivity contribution in [3.8, 4) is 21.8 Å². The van der Waals surface area contributed by atoms with Gasteiger partial charge in [0.15, 0.2) is 5.82 Å². The van der Waals surface area contributed by atoms with Crippen LogP contribution >= 0.6 is 50.5 Å². The molecular weight excluding hydrogens is 391 g/mol. The molecule has 0 aliphatic heterocycles. The number of aromatic nitrogens is 2. The van der Waals surface area contributed by atoms with Crippen molar-refractivity contribution in [3.63, 3.8) is 0 Å². The lowest BCUT2D eigenvalue weighted by Crippen LogP contribution is -1.94. The molecule has 0 aliphatic rings. The molecule has 0 saturated heterocycles. The SMILES string of the molecule is Cc1cccc(-c2c(Cl)nc(-c3sccc3Br)nc2Cl)c1. The van der Waals surface area contributed by atoms with Gasteiger partial charge in [-0.15, -0.1) is 11.3 Å². The molecule has 3 rings (SSSR count). The van der Waals surface area contributed by atoms with Crippen LogP contribution in [0.5, 0.6) is 0 Å².